The van der Waals surface area contributed by atoms with E-state index in [-0.39, 0.29) is 6.61 Å². The fourth-order valence-corrected chi connectivity index (χ4v) is 4.33. The van der Waals surface area contributed by atoms with Crippen LogP contribution in [0.3, 0.4) is 0 Å². The largest absolute Gasteiger partial charge is 0.484 e. The van der Waals surface area contributed by atoms with Gasteiger partial charge >= 0.3 is 5.97 Å². The fourth-order valence-electron chi connectivity index (χ4n) is 2.64. The van der Waals surface area contributed by atoms with E-state index in [0.717, 1.165) is 5.56 Å². The van der Waals surface area contributed by atoms with Gasteiger partial charge in [0.2, 0.25) is 0 Å². The molecule has 5 nitrogen and oxygen atoms in total. The number of carbonyl (C=O) groups is 2. The van der Waals surface area contributed by atoms with E-state index in [1.165, 1.54) is 16.7 Å². The molecule has 1 fully saturated rings. The van der Waals surface area contributed by atoms with E-state index in [2.05, 4.69) is 0 Å². The molecule has 8 heteroatoms. The van der Waals surface area contributed by atoms with Gasteiger partial charge in [-0.15, -0.1) is 11.8 Å². The zero-order valence-electron chi connectivity index (χ0n) is 13.5. The molecule has 0 aliphatic carbocycles. The molecule has 2 aromatic carbocycles. The second kappa shape index (κ2) is 8.20. The number of aliphatic carboxylic acids is 1. The van der Waals surface area contributed by atoms with Crippen molar-refractivity contribution < 1.29 is 19.4 Å². The Kier molecular flexibility index (Phi) is 5.96. The van der Waals surface area contributed by atoms with Gasteiger partial charge in [0.15, 0.2) is 6.61 Å². The number of benzene rings is 2. The van der Waals surface area contributed by atoms with Gasteiger partial charge in [0, 0.05) is 15.8 Å². The maximum absolute atomic E-state index is 12.7. The van der Waals surface area contributed by atoms with Gasteiger partial charge in [0.1, 0.15) is 17.2 Å². The van der Waals surface area contributed by atoms with E-state index in [0.29, 0.717) is 21.5 Å². The second-order valence-corrected chi connectivity index (χ2v) is 7.62. The van der Waals surface area contributed by atoms with Crippen LogP contribution in [0, 0.1) is 0 Å². The summed E-state index contributed by atoms with van der Waals surface area (Å²) in [7, 11) is 0. The molecule has 1 saturated heterocycles. The molecule has 26 heavy (non-hydrogen) atoms. The van der Waals surface area contributed by atoms with Crippen LogP contribution in [0.5, 0.6) is 5.75 Å². The second-order valence-electron chi connectivity index (χ2n) is 5.63. The molecule has 2 unspecified atom stereocenters. The highest BCUT2D eigenvalue weighted by Gasteiger charge is 2.42. The number of nitrogens with zero attached hydrogens (tertiary/aromatic N) is 1. The van der Waals surface area contributed by atoms with Gasteiger partial charge in [-0.1, -0.05) is 35.3 Å². The van der Waals surface area contributed by atoms with E-state index in [9.17, 15) is 14.7 Å². The molecule has 1 heterocycles. The Hall–Kier alpha value is -1.89. The van der Waals surface area contributed by atoms with Crippen molar-refractivity contribution in [2.75, 3.05) is 12.4 Å². The normalized spacial score (nSPS) is 19.4. The Bertz CT molecular complexity index is 798. The maximum atomic E-state index is 12.7. The van der Waals surface area contributed by atoms with Crippen LogP contribution >= 0.6 is 35.0 Å². The molecule has 2 atom stereocenters. The number of halogens is 2. The Morgan fingerprint density at radius 3 is 2.23 bits per heavy atom. The third-order valence-corrected chi connectivity index (χ3v) is 5.73. The van der Waals surface area contributed by atoms with Crippen molar-refractivity contribution in [2.45, 2.75) is 11.4 Å². The first kappa shape index (κ1) is 18.9. The van der Waals surface area contributed by atoms with Crippen molar-refractivity contribution in [3.05, 3.63) is 64.1 Å². The molecule has 1 N–H and O–H groups in total. The molecule has 0 spiro atoms. The van der Waals surface area contributed by atoms with E-state index in [4.69, 9.17) is 27.9 Å². The van der Waals surface area contributed by atoms with Crippen LogP contribution in [0.4, 0.5) is 0 Å². The summed E-state index contributed by atoms with van der Waals surface area (Å²) in [5, 5.41) is 10.2. The first-order chi connectivity index (χ1) is 12.5. The number of carboxylic acids is 1. The molecule has 2 aromatic rings. The zero-order chi connectivity index (χ0) is 18.7. The summed E-state index contributed by atoms with van der Waals surface area (Å²) >= 11 is 13.1. The number of ether oxygens (including phenoxy) is 1. The summed E-state index contributed by atoms with van der Waals surface area (Å²) in [6.07, 6.45) is 0. The summed E-state index contributed by atoms with van der Waals surface area (Å²) in [5.74, 6) is -0.620. The lowest BCUT2D eigenvalue weighted by Crippen LogP contribution is -2.45. The molecule has 1 aliphatic heterocycles. The highest BCUT2D eigenvalue weighted by atomic mass is 35.5. The van der Waals surface area contributed by atoms with Crippen LogP contribution in [-0.2, 0) is 9.59 Å². The molecule has 1 amide bonds. The Morgan fingerprint density at radius 1 is 1.08 bits per heavy atom. The summed E-state index contributed by atoms with van der Waals surface area (Å²) in [6, 6.07) is 12.8. The van der Waals surface area contributed by atoms with Crippen LogP contribution in [0.15, 0.2) is 48.5 Å². The van der Waals surface area contributed by atoms with Gasteiger partial charge in [-0.25, -0.2) is 4.79 Å². The van der Waals surface area contributed by atoms with Crippen molar-refractivity contribution in [3.63, 3.8) is 0 Å². The Balaban J connectivity index is 1.76. The number of hydrogen-bond acceptors (Lipinski definition) is 4. The number of thioether (sulfide) groups is 1. The van der Waals surface area contributed by atoms with Gasteiger partial charge in [-0.2, -0.15) is 0 Å². The minimum atomic E-state index is -1.03. The van der Waals surface area contributed by atoms with Crippen LogP contribution < -0.4 is 4.74 Å². The van der Waals surface area contributed by atoms with E-state index in [1.807, 2.05) is 0 Å². The Morgan fingerprint density at radius 2 is 1.65 bits per heavy atom. The summed E-state index contributed by atoms with van der Waals surface area (Å²) in [6.45, 7) is -0.254. The summed E-state index contributed by atoms with van der Waals surface area (Å²) in [4.78, 5) is 25.7. The number of amides is 1. The lowest BCUT2D eigenvalue weighted by Gasteiger charge is -2.27. The van der Waals surface area contributed by atoms with Crippen molar-refractivity contribution >= 4 is 46.8 Å². The van der Waals surface area contributed by atoms with Crippen LogP contribution in [0.25, 0.3) is 0 Å². The SMILES string of the molecule is O=C(O)C1CSC(c2ccc(Cl)cc2)N1C(=O)COc1ccc(Cl)cc1. The van der Waals surface area contributed by atoms with Crippen LogP contribution in [0.2, 0.25) is 10.0 Å². The van der Waals surface area contributed by atoms with E-state index in [1.54, 1.807) is 48.5 Å². The van der Waals surface area contributed by atoms with Gasteiger partial charge in [-0.05, 0) is 42.0 Å². The quantitative estimate of drug-likeness (QED) is 0.801. The zero-order valence-corrected chi connectivity index (χ0v) is 15.8. The predicted molar refractivity (Wildman–Crippen MR) is 102 cm³/mol. The molecule has 0 saturated carbocycles. The lowest BCUT2D eigenvalue weighted by atomic mass is 10.1. The third-order valence-electron chi connectivity index (χ3n) is 3.90. The molecule has 3 rings (SSSR count). The molecule has 0 aromatic heterocycles. The fraction of sp³-hybridized carbons (Fsp3) is 0.222. The first-order valence-electron chi connectivity index (χ1n) is 7.75. The van der Waals surface area contributed by atoms with Crippen LogP contribution in [-0.4, -0.2) is 40.3 Å². The molecular weight excluding hydrogens is 397 g/mol. The highest BCUT2D eigenvalue weighted by molar-refractivity contribution is 7.99. The molecule has 1 aliphatic rings. The molecule has 0 radical (unpaired) electrons. The maximum Gasteiger partial charge on any atom is 0.327 e. The smallest absolute Gasteiger partial charge is 0.327 e. The average Bonchev–Trinajstić information content (AvgIpc) is 3.07. The Labute approximate surface area is 164 Å². The summed E-state index contributed by atoms with van der Waals surface area (Å²) < 4.78 is 5.49. The van der Waals surface area contributed by atoms with Crippen molar-refractivity contribution in [3.8, 4) is 5.75 Å². The minimum Gasteiger partial charge on any atom is -0.484 e. The molecule has 136 valence electrons. The van der Waals surface area contributed by atoms with Gasteiger partial charge in [0.05, 0.1) is 0 Å². The number of hydrogen-bond donors (Lipinski definition) is 1. The first-order valence-corrected chi connectivity index (χ1v) is 9.55. The molecule has 0 bridgehead atoms. The predicted octanol–water partition coefficient (Wildman–Crippen LogP) is 4.10. The molecular formula is C18H15Cl2NO4S. The van der Waals surface area contributed by atoms with Crippen molar-refractivity contribution in [1.29, 1.82) is 0 Å². The van der Waals surface area contributed by atoms with E-state index < -0.39 is 23.3 Å². The lowest BCUT2D eigenvalue weighted by molar-refractivity contribution is -0.150. The minimum absolute atomic E-state index is 0.254. The van der Waals surface area contributed by atoms with Crippen molar-refractivity contribution in [1.82, 2.24) is 4.90 Å². The van der Waals surface area contributed by atoms with Gasteiger partial charge in [0.25, 0.3) is 5.91 Å². The average molecular weight is 412 g/mol. The highest BCUT2D eigenvalue weighted by Crippen LogP contribution is 2.41. The van der Waals surface area contributed by atoms with E-state index >= 15 is 0 Å². The van der Waals surface area contributed by atoms with Crippen LogP contribution in [0.1, 0.15) is 10.9 Å². The van der Waals surface area contributed by atoms with Crippen molar-refractivity contribution in [2.24, 2.45) is 0 Å². The number of carboxylic acid groups (broad SMARTS) is 1. The monoisotopic (exact) mass is 411 g/mol. The topological polar surface area (TPSA) is 66.8 Å². The standard InChI is InChI=1S/C18H15Cl2NO4S/c19-12-3-1-11(2-4-12)17-21(15(10-26-17)18(23)24)16(22)9-25-14-7-5-13(20)6-8-14/h1-8,15,17H,9-10H2,(H,23,24). The number of rotatable bonds is 5. The number of carbonyl (C=O) groups excluding carboxylic acids is 1. The summed E-state index contributed by atoms with van der Waals surface area (Å²) in [5.41, 5.74) is 0.822. The van der Waals surface area contributed by atoms with Gasteiger partial charge in [-0.3, -0.25) is 4.79 Å². The van der Waals surface area contributed by atoms with Gasteiger partial charge < -0.3 is 14.7 Å². The third kappa shape index (κ3) is 4.26.